The molecule has 0 saturated heterocycles. The Morgan fingerprint density at radius 2 is 2.00 bits per heavy atom. The van der Waals surface area contributed by atoms with Gasteiger partial charge in [-0.25, -0.2) is 14.4 Å². The molecule has 0 bridgehead atoms. The minimum absolute atomic E-state index is 0.0594. The van der Waals surface area contributed by atoms with Crippen LogP contribution in [0.2, 0.25) is 5.02 Å². The molecule has 34 heavy (non-hydrogen) atoms. The topological polar surface area (TPSA) is 89.1 Å². The molecule has 0 spiro atoms. The summed E-state index contributed by atoms with van der Waals surface area (Å²) in [6, 6.07) is 7.72. The number of halogens is 2. The smallest absolute Gasteiger partial charge is 0.251 e. The van der Waals surface area contributed by atoms with Crippen LogP contribution in [0, 0.1) is 11.7 Å². The van der Waals surface area contributed by atoms with Gasteiger partial charge in [0.15, 0.2) is 0 Å². The first kappa shape index (κ1) is 25.8. The van der Waals surface area contributed by atoms with Crippen LogP contribution < -0.4 is 15.6 Å². The molecule has 9 heteroatoms. The Hall–Kier alpha value is -2.81. The maximum Gasteiger partial charge on any atom is 0.251 e. The quantitative estimate of drug-likeness (QED) is 0.354. The highest BCUT2D eigenvalue weighted by molar-refractivity contribution is 6.34. The predicted molar refractivity (Wildman–Crippen MR) is 132 cm³/mol. The Kier molecular flexibility index (Phi) is 9.56. The zero-order chi connectivity index (χ0) is 24.5. The van der Waals surface area contributed by atoms with Crippen LogP contribution in [-0.2, 0) is 11.3 Å². The maximum absolute atomic E-state index is 14.8. The summed E-state index contributed by atoms with van der Waals surface area (Å²) in [5.41, 5.74) is 1.30. The molecule has 0 saturated carbocycles. The lowest BCUT2D eigenvalue weighted by molar-refractivity contribution is 0.0990. The van der Waals surface area contributed by atoms with Gasteiger partial charge in [-0.1, -0.05) is 38.4 Å². The second kappa shape index (κ2) is 12.6. The number of aromatic amines is 1. The first-order valence-electron chi connectivity index (χ1n) is 11.3. The molecule has 2 heterocycles. The molecule has 7 nitrogen and oxygen atoms in total. The average Bonchev–Trinajstić information content (AvgIpc) is 2.80. The molecule has 182 valence electrons. The minimum Gasteiger partial charge on any atom is -0.475 e. The van der Waals surface area contributed by atoms with Crippen LogP contribution in [0.4, 0.5) is 4.39 Å². The van der Waals surface area contributed by atoms with E-state index in [9.17, 15) is 9.18 Å². The van der Waals surface area contributed by atoms with E-state index in [4.69, 9.17) is 21.1 Å². The molecule has 0 radical (unpaired) electrons. The van der Waals surface area contributed by atoms with Crippen LogP contribution in [0.3, 0.4) is 0 Å². The first-order valence-corrected chi connectivity index (χ1v) is 11.7. The number of H-pyrrole nitrogens is 1. The third kappa shape index (κ3) is 7.09. The summed E-state index contributed by atoms with van der Waals surface area (Å²) in [6.07, 6.45) is 2.50. The van der Waals surface area contributed by atoms with E-state index in [1.807, 2.05) is 6.92 Å². The van der Waals surface area contributed by atoms with Gasteiger partial charge in [0, 0.05) is 37.0 Å². The average molecular weight is 489 g/mol. The molecule has 1 aromatic carbocycles. The third-order valence-corrected chi connectivity index (χ3v) is 5.31. The van der Waals surface area contributed by atoms with E-state index in [0.717, 1.165) is 18.5 Å². The summed E-state index contributed by atoms with van der Waals surface area (Å²) in [6.45, 7) is 9.07. The molecule has 0 aliphatic rings. The van der Waals surface area contributed by atoms with E-state index in [0.29, 0.717) is 49.4 Å². The molecular formula is C25H30ClFN4O3. The fourth-order valence-electron chi connectivity index (χ4n) is 3.24. The van der Waals surface area contributed by atoms with Crippen LogP contribution in [0.1, 0.15) is 32.8 Å². The molecule has 0 aliphatic heterocycles. The van der Waals surface area contributed by atoms with E-state index < -0.39 is 11.4 Å². The number of ether oxygens (including phenoxy) is 2. The Bertz CT molecular complexity index is 1140. The highest BCUT2D eigenvalue weighted by atomic mass is 35.5. The fourth-order valence-corrected chi connectivity index (χ4v) is 3.55. The van der Waals surface area contributed by atoms with Crippen LogP contribution in [-0.4, -0.2) is 41.3 Å². The van der Waals surface area contributed by atoms with Crippen molar-refractivity contribution in [2.24, 2.45) is 5.92 Å². The van der Waals surface area contributed by atoms with E-state index in [2.05, 4.69) is 34.1 Å². The number of rotatable bonds is 12. The van der Waals surface area contributed by atoms with Gasteiger partial charge < -0.3 is 19.8 Å². The number of nitrogens with one attached hydrogen (secondary N) is 2. The SMILES string of the molecule is CCCOCCOc1ccc(-c2cc(=O)[nH]c(-c3c(F)ccc(CNCC(C)C)c3Cl)n2)cn1. The number of aromatic nitrogens is 3. The molecule has 2 N–H and O–H groups in total. The van der Waals surface area contributed by atoms with Gasteiger partial charge in [0.05, 0.1) is 22.9 Å². The summed E-state index contributed by atoms with van der Waals surface area (Å²) in [4.78, 5) is 23.7. The molecule has 0 amide bonds. The largest absolute Gasteiger partial charge is 0.475 e. The monoisotopic (exact) mass is 488 g/mol. The Labute approximate surface area is 203 Å². The summed E-state index contributed by atoms with van der Waals surface area (Å²) < 4.78 is 25.7. The molecule has 3 aromatic rings. The van der Waals surface area contributed by atoms with Gasteiger partial charge in [0.2, 0.25) is 5.88 Å². The normalized spacial score (nSPS) is 11.2. The van der Waals surface area contributed by atoms with Gasteiger partial charge in [-0.15, -0.1) is 0 Å². The van der Waals surface area contributed by atoms with Crippen LogP contribution in [0.25, 0.3) is 22.6 Å². The number of hydrogen-bond acceptors (Lipinski definition) is 6. The molecule has 0 atom stereocenters. The van der Waals surface area contributed by atoms with E-state index in [1.165, 1.54) is 12.1 Å². The molecule has 0 aliphatic carbocycles. The maximum atomic E-state index is 14.8. The molecule has 3 rings (SSSR count). The van der Waals surface area contributed by atoms with Crippen molar-refractivity contribution in [2.45, 2.75) is 33.7 Å². The number of pyridine rings is 1. The van der Waals surface area contributed by atoms with Gasteiger partial charge in [0.25, 0.3) is 5.56 Å². The van der Waals surface area contributed by atoms with Gasteiger partial charge in [-0.3, -0.25) is 4.79 Å². The van der Waals surface area contributed by atoms with Gasteiger partial charge >= 0.3 is 0 Å². The van der Waals surface area contributed by atoms with Crippen molar-refractivity contribution in [3.63, 3.8) is 0 Å². The van der Waals surface area contributed by atoms with E-state index in [-0.39, 0.29) is 16.4 Å². The highest BCUT2D eigenvalue weighted by Gasteiger charge is 2.17. The van der Waals surface area contributed by atoms with Crippen molar-refractivity contribution in [3.05, 3.63) is 63.3 Å². The van der Waals surface area contributed by atoms with Gasteiger partial charge in [-0.2, -0.15) is 0 Å². The zero-order valence-corrected chi connectivity index (χ0v) is 20.4. The summed E-state index contributed by atoms with van der Waals surface area (Å²) >= 11 is 6.53. The second-order valence-corrected chi connectivity index (χ2v) is 8.62. The molecular weight excluding hydrogens is 459 g/mol. The summed E-state index contributed by atoms with van der Waals surface area (Å²) in [7, 11) is 0. The second-order valence-electron chi connectivity index (χ2n) is 8.25. The molecule has 2 aromatic heterocycles. The summed E-state index contributed by atoms with van der Waals surface area (Å²) in [5, 5.41) is 3.50. The predicted octanol–water partition coefficient (Wildman–Crippen LogP) is 4.84. The van der Waals surface area contributed by atoms with E-state index in [1.54, 1.807) is 24.4 Å². The first-order chi connectivity index (χ1) is 16.4. The summed E-state index contributed by atoms with van der Waals surface area (Å²) in [5.74, 6) is 0.395. The van der Waals surface area contributed by atoms with Crippen LogP contribution in [0.5, 0.6) is 5.88 Å². The number of nitrogens with zero attached hydrogens (tertiary/aromatic N) is 2. The standard InChI is InChI=1S/C25H30ClFN4O3/c1-4-9-33-10-11-34-22-8-6-17(15-29-22)20-12-21(32)31-25(30-20)23-19(27)7-5-18(24(23)26)14-28-13-16(2)3/h5-8,12,15-16,28H,4,9-11,13-14H2,1-3H3,(H,30,31,32). The number of benzene rings is 1. The van der Waals surface area contributed by atoms with E-state index >= 15 is 0 Å². The lowest BCUT2D eigenvalue weighted by atomic mass is 10.1. The van der Waals surface area contributed by atoms with Crippen LogP contribution in [0.15, 0.2) is 41.3 Å². The Balaban J connectivity index is 1.82. The fraction of sp³-hybridized carbons (Fsp3) is 0.400. The van der Waals surface area contributed by atoms with Crippen molar-refractivity contribution in [1.29, 1.82) is 0 Å². The lowest BCUT2D eigenvalue weighted by Crippen LogP contribution is -2.19. The van der Waals surface area contributed by atoms with Gasteiger partial charge in [0.1, 0.15) is 18.2 Å². The van der Waals surface area contributed by atoms with Crippen molar-refractivity contribution >= 4 is 11.6 Å². The lowest BCUT2D eigenvalue weighted by Gasteiger charge is -2.13. The van der Waals surface area contributed by atoms with Crippen molar-refractivity contribution < 1.29 is 13.9 Å². The minimum atomic E-state index is -0.565. The Morgan fingerprint density at radius 1 is 1.18 bits per heavy atom. The van der Waals surface area contributed by atoms with Gasteiger partial charge in [-0.05, 0) is 36.6 Å². The highest BCUT2D eigenvalue weighted by Crippen LogP contribution is 2.32. The number of hydrogen-bond donors (Lipinski definition) is 2. The van der Waals surface area contributed by atoms with Crippen molar-refractivity contribution in [3.8, 4) is 28.5 Å². The van der Waals surface area contributed by atoms with Crippen LogP contribution >= 0.6 is 11.6 Å². The third-order valence-electron chi connectivity index (χ3n) is 4.88. The van der Waals surface area contributed by atoms with Crippen molar-refractivity contribution in [2.75, 3.05) is 26.4 Å². The zero-order valence-electron chi connectivity index (χ0n) is 19.7. The molecule has 0 fully saturated rings. The Morgan fingerprint density at radius 3 is 2.71 bits per heavy atom. The van der Waals surface area contributed by atoms with Crippen molar-refractivity contribution in [1.82, 2.24) is 20.3 Å². The molecule has 0 unspecified atom stereocenters.